The van der Waals surface area contributed by atoms with Gasteiger partial charge >= 0.3 is 0 Å². The number of aromatic nitrogens is 4. The molecular formula is C16H16ClN5OS. The van der Waals surface area contributed by atoms with Crippen molar-refractivity contribution in [2.75, 3.05) is 13.1 Å². The zero-order chi connectivity index (χ0) is 16.3. The van der Waals surface area contributed by atoms with Gasteiger partial charge in [0.1, 0.15) is 16.0 Å². The van der Waals surface area contributed by atoms with Crippen molar-refractivity contribution in [1.29, 1.82) is 0 Å². The molecule has 0 spiro atoms. The van der Waals surface area contributed by atoms with Gasteiger partial charge in [-0.05, 0) is 38.3 Å². The quantitative estimate of drug-likeness (QED) is 0.734. The average molecular weight is 362 g/mol. The van der Waals surface area contributed by atoms with Gasteiger partial charge < -0.3 is 4.98 Å². The third-order valence-corrected chi connectivity index (χ3v) is 6.94. The number of hydrogen-bond acceptors (Lipinski definition) is 5. The van der Waals surface area contributed by atoms with E-state index in [9.17, 15) is 4.79 Å². The number of thiophene rings is 1. The zero-order valence-electron chi connectivity index (χ0n) is 12.9. The Morgan fingerprint density at radius 3 is 2.83 bits per heavy atom. The summed E-state index contributed by atoms with van der Waals surface area (Å²) >= 11 is 7.92. The van der Waals surface area contributed by atoms with E-state index in [1.54, 1.807) is 12.4 Å². The molecule has 2 N–H and O–H groups in total. The van der Waals surface area contributed by atoms with E-state index < -0.39 is 0 Å². The first-order chi connectivity index (χ1) is 11.7. The molecule has 2 bridgehead atoms. The number of rotatable bonds is 2. The van der Waals surface area contributed by atoms with Crippen molar-refractivity contribution < 1.29 is 0 Å². The van der Waals surface area contributed by atoms with Crippen LogP contribution in [0, 0.1) is 5.92 Å². The summed E-state index contributed by atoms with van der Waals surface area (Å²) in [6, 6.07) is 0.211. The fourth-order valence-corrected chi connectivity index (χ4v) is 5.37. The van der Waals surface area contributed by atoms with E-state index >= 15 is 0 Å². The van der Waals surface area contributed by atoms with Crippen molar-refractivity contribution in [3.05, 3.63) is 33.6 Å². The van der Waals surface area contributed by atoms with Gasteiger partial charge in [-0.3, -0.25) is 14.8 Å². The lowest BCUT2D eigenvalue weighted by molar-refractivity contribution is 0.0445. The SMILES string of the molecule is O=c1[nH]c(C2CC3CCN2CC3)nc2c(Cl)c(-c3cn[nH]c3)sc12. The Bertz CT molecular complexity index is 955. The lowest BCUT2D eigenvalue weighted by Gasteiger charge is -2.44. The van der Waals surface area contributed by atoms with E-state index in [0.717, 1.165) is 41.7 Å². The molecule has 1 unspecified atom stereocenters. The Morgan fingerprint density at radius 1 is 1.33 bits per heavy atom. The second-order valence-electron chi connectivity index (χ2n) is 6.59. The van der Waals surface area contributed by atoms with Crippen LogP contribution in [0.3, 0.4) is 0 Å². The van der Waals surface area contributed by atoms with Gasteiger partial charge in [0.25, 0.3) is 5.56 Å². The van der Waals surface area contributed by atoms with E-state index in [2.05, 4.69) is 20.1 Å². The van der Waals surface area contributed by atoms with Crippen molar-refractivity contribution in [3.8, 4) is 10.4 Å². The van der Waals surface area contributed by atoms with Crippen molar-refractivity contribution >= 4 is 33.2 Å². The number of hydrogen-bond donors (Lipinski definition) is 2. The summed E-state index contributed by atoms with van der Waals surface area (Å²) in [5, 5.41) is 7.28. The minimum atomic E-state index is -0.0979. The molecule has 0 radical (unpaired) electrons. The lowest BCUT2D eigenvalue weighted by Crippen LogP contribution is -2.44. The van der Waals surface area contributed by atoms with E-state index in [0.29, 0.717) is 15.2 Å². The Labute approximate surface area is 146 Å². The minimum Gasteiger partial charge on any atom is -0.308 e. The number of halogens is 1. The molecule has 0 amide bonds. The van der Waals surface area contributed by atoms with Crippen LogP contribution in [0.2, 0.25) is 5.02 Å². The standard InChI is InChI=1S/C16H16ClN5OS/c17-11-12-14(24-13(11)9-6-18-19-7-9)16(23)21-15(20-12)10-5-8-1-3-22(10)4-2-8/h6-8,10H,1-5H2,(H,18,19)(H,20,21,23). The van der Waals surface area contributed by atoms with Crippen LogP contribution in [0.15, 0.2) is 17.2 Å². The molecule has 3 saturated heterocycles. The van der Waals surface area contributed by atoms with E-state index in [-0.39, 0.29) is 11.6 Å². The summed E-state index contributed by atoms with van der Waals surface area (Å²) in [7, 11) is 0. The van der Waals surface area contributed by atoms with Crippen LogP contribution in [0.25, 0.3) is 20.7 Å². The molecule has 6 nitrogen and oxygen atoms in total. The van der Waals surface area contributed by atoms with Crippen LogP contribution in [0.1, 0.15) is 31.1 Å². The summed E-state index contributed by atoms with van der Waals surface area (Å²) in [6.07, 6.45) is 7.07. The number of aromatic amines is 2. The van der Waals surface area contributed by atoms with Gasteiger partial charge in [0.2, 0.25) is 0 Å². The van der Waals surface area contributed by atoms with Crippen LogP contribution in [0.5, 0.6) is 0 Å². The molecule has 3 aliphatic heterocycles. The van der Waals surface area contributed by atoms with Crippen LogP contribution in [-0.2, 0) is 0 Å². The highest BCUT2D eigenvalue weighted by Crippen LogP contribution is 2.42. The summed E-state index contributed by atoms with van der Waals surface area (Å²) in [5.74, 6) is 1.51. The predicted molar refractivity (Wildman–Crippen MR) is 94.5 cm³/mol. The maximum absolute atomic E-state index is 12.6. The van der Waals surface area contributed by atoms with E-state index in [4.69, 9.17) is 16.6 Å². The normalized spacial score (nSPS) is 26.3. The molecule has 0 saturated carbocycles. The first-order valence-electron chi connectivity index (χ1n) is 8.16. The second kappa shape index (κ2) is 5.40. The molecule has 6 heterocycles. The molecular weight excluding hydrogens is 346 g/mol. The fourth-order valence-electron chi connectivity index (χ4n) is 3.95. The first-order valence-corrected chi connectivity index (χ1v) is 9.35. The Kier molecular flexibility index (Phi) is 3.29. The number of fused-ring (bicyclic) bond motifs is 4. The molecule has 1 atom stereocenters. The fraction of sp³-hybridized carbons (Fsp3) is 0.438. The van der Waals surface area contributed by atoms with Gasteiger partial charge in [0.15, 0.2) is 0 Å². The van der Waals surface area contributed by atoms with Crippen LogP contribution in [0.4, 0.5) is 0 Å². The van der Waals surface area contributed by atoms with Crippen LogP contribution < -0.4 is 5.56 Å². The predicted octanol–water partition coefficient (Wildman–Crippen LogP) is 3.18. The molecule has 0 aromatic carbocycles. The van der Waals surface area contributed by atoms with Crippen molar-refractivity contribution in [2.24, 2.45) is 5.92 Å². The van der Waals surface area contributed by atoms with Gasteiger partial charge in [0.05, 0.1) is 22.1 Å². The number of piperidine rings is 3. The monoisotopic (exact) mass is 361 g/mol. The van der Waals surface area contributed by atoms with Crippen molar-refractivity contribution in [3.63, 3.8) is 0 Å². The molecule has 24 heavy (non-hydrogen) atoms. The second-order valence-corrected chi connectivity index (χ2v) is 7.99. The number of nitrogens with one attached hydrogen (secondary N) is 2. The van der Waals surface area contributed by atoms with E-state index in [1.165, 1.54) is 24.2 Å². The molecule has 3 aromatic rings. The van der Waals surface area contributed by atoms with Crippen LogP contribution in [-0.4, -0.2) is 38.2 Å². The molecule has 3 aliphatic rings. The molecule has 8 heteroatoms. The highest BCUT2D eigenvalue weighted by Gasteiger charge is 2.36. The van der Waals surface area contributed by atoms with Gasteiger partial charge in [-0.25, -0.2) is 4.98 Å². The van der Waals surface area contributed by atoms with Crippen molar-refractivity contribution in [2.45, 2.75) is 25.3 Å². The number of nitrogens with zero attached hydrogens (tertiary/aromatic N) is 3. The summed E-state index contributed by atoms with van der Waals surface area (Å²) in [4.78, 5) is 23.6. The maximum Gasteiger partial charge on any atom is 0.268 e. The van der Waals surface area contributed by atoms with Gasteiger partial charge in [-0.1, -0.05) is 11.6 Å². The van der Waals surface area contributed by atoms with Crippen LogP contribution >= 0.6 is 22.9 Å². The highest BCUT2D eigenvalue weighted by atomic mass is 35.5. The van der Waals surface area contributed by atoms with Gasteiger partial charge in [0, 0.05) is 11.8 Å². The molecule has 3 fully saturated rings. The third-order valence-electron chi connectivity index (χ3n) is 5.23. The molecule has 0 aliphatic carbocycles. The lowest BCUT2D eigenvalue weighted by atomic mass is 9.83. The van der Waals surface area contributed by atoms with E-state index in [1.807, 2.05) is 0 Å². The van der Waals surface area contributed by atoms with Crippen molar-refractivity contribution in [1.82, 2.24) is 25.1 Å². The van der Waals surface area contributed by atoms with Gasteiger partial charge in [-0.2, -0.15) is 5.10 Å². The summed E-state index contributed by atoms with van der Waals surface area (Å²) < 4.78 is 0.580. The Morgan fingerprint density at radius 2 is 2.17 bits per heavy atom. The topological polar surface area (TPSA) is 77.7 Å². The molecule has 124 valence electrons. The average Bonchev–Trinajstić information content (AvgIpc) is 3.25. The maximum atomic E-state index is 12.6. The molecule has 6 rings (SSSR count). The third kappa shape index (κ3) is 2.15. The zero-order valence-corrected chi connectivity index (χ0v) is 14.5. The summed E-state index contributed by atoms with van der Waals surface area (Å²) in [6.45, 7) is 2.18. The number of H-pyrrole nitrogens is 2. The largest absolute Gasteiger partial charge is 0.308 e. The Balaban J connectivity index is 1.65. The van der Waals surface area contributed by atoms with Gasteiger partial charge in [-0.15, -0.1) is 11.3 Å². The smallest absolute Gasteiger partial charge is 0.268 e. The minimum absolute atomic E-state index is 0.0979. The molecule has 3 aromatic heterocycles. The highest BCUT2D eigenvalue weighted by molar-refractivity contribution is 7.23. The first kappa shape index (κ1) is 14.6. The summed E-state index contributed by atoms with van der Waals surface area (Å²) in [5.41, 5.74) is 1.39. The Hall–Kier alpha value is -1.70.